The van der Waals surface area contributed by atoms with E-state index in [1.54, 1.807) is 32.1 Å². The van der Waals surface area contributed by atoms with Crippen LogP contribution in [0.1, 0.15) is 28.6 Å². The lowest BCUT2D eigenvalue weighted by Gasteiger charge is -2.14. The maximum absolute atomic E-state index is 12.9. The summed E-state index contributed by atoms with van der Waals surface area (Å²) >= 11 is 0. The number of anilines is 1. The molecule has 1 aliphatic rings. The minimum atomic E-state index is -1.26. The summed E-state index contributed by atoms with van der Waals surface area (Å²) < 4.78 is 5.86. The van der Waals surface area contributed by atoms with Gasteiger partial charge in [0.2, 0.25) is 0 Å². The maximum Gasteiger partial charge on any atom is 0.280 e. The Hall–Kier alpha value is -3.93. The molecule has 29 heavy (non-hydrogen) atoms. The van der Waals surface area contributed by atoms with Gasteiger partial charge < -0.3 is 14.3 Å². The summed E-state index contributed by atoms with van der Waals surface area (Å²) in [6, 6.07) is 17.9. The van der Waals surface area contributed by atoms with Crippen LogP contribution in [0.2, 0.25) is 0 Å². The highest BCUT2D eigenvalue weighted by atomic mass is 16.4. The van der Waals surface area contributed by atoms with Gasteiger partial charge in [0.15, 0.2) is 0 Å². The van der Waals surface area contributed by atoms with Crippen LogP contribution < -0.4 is 10.1 Å². The highest BCUT2D eigenvalue weighted by molar-refractivity contribution is 6.32. The number of furan rings is 1. The van der Waals surface area contributed by atoms with Crippen LogP contribution in [0.4, 0.5) is 5.69 Å². The fraction of sp³-hybridized carbons (Fsp3) is 0.0870. The summed E-state index contributed by atoms with van der Waals surface area (Å²) in [5.41, 5.74) is 2.99. The third-order valence-corrected chi connectivity index (χ3v) is 4.71. The fourth-order valence-electron chi connectivity index (χ4n) is 3.20. The molecule has 0 aliphatic carbocycles. The lowest BCUT2D eigenvalue weighted by Crippen LogP contribution is -2.24. The lowest BCUT2D eigenvalue weighted by molar-refractivity contribution is -0.255. The third kappa shape index (κ3) is 3.48. The number of carbonyl (C=O) groups excluding carboxylic acids is 2. The van der Waals surface area contributed by atoms with Crippen LogP contribution in [-0.4, -0.2) is 17.6 Å². The Labute approximate surface area is 167 Å². The molecule has 0 N–H and O–H groups in total. The van der Waals surface area contributed by atoms with Gasteiger partial charge in [0, 0.05) is 11.1 Å². The summed E-state index contributed by atoms with van der Waals surface area (Å²) in [5, 5.41) is 16.7. The van der Waals surface area contributed by atoms with E-state index in [2.05, 4.69) is 5.10 Å². The number of aromatic carboxylic acids is 1. The van der Waals surface area contributed by atoms with Crippen molar-refractivity contribution in [3.05, 3.63) is 83.1 Å². The van der Waals surface area contributed by atoms with E-state index >= 15 is 0 Å². The molecular weight excluding hydrogens is 368 g/mol. The van der Waals surface area contributed by atoms with E-state index in [0.717, 1.165) is 5.56 Å². The van der Waals surface area contributed by atoms with E-state index in [4.69, 9.17) is 4.42 Å². The number of amides is 1. The Kier molecular flexibility index (Phi) is 4.60. The predicted octanol–water partition coefficient (Wildman–Crippen LogP) is 3.42. The molecule has 144 valence electrons. The number of rotatable bonds is 4. The smallest absolute Gasteiger partial charge is 0.280 e. The van der Waals surface area contributed by atoms with E-state index in [0.29, 0.717) is 34.1 Å². The fourth-order valence-corrected chi connectivity index (χ4v) is 3.20. The zero-order valence-corrected chi connectivity index (χ0v) is 15.9. The van der Waals surface area contributed by atoms with Gasteiger partial charge in [-0.3, -0.25) is 4.79 Å². The van der Waals surface area contributed by atoms with E-state index in [9.17, 15) is 14.7 Å². The van der Waals surface area contributed by atoms with Crippen molar-refractivity contribution in [2.75, 3.05) is 5.01 Å². The van der Waals surface area contributed by atoms with Crippen molar-refractivity contribution in [3.8, 4) is 11.3 Å². The number of hydrogen-bond acceptors (Lipinski definition) is 5. The third-order valence-electron chi connectivity index (χ3n) is 4.71. The molecule has 3 aromatic rings. The zero-order valence-electron chi connectivity index (χ0n) is 15.9. The van der Waals surface area contributed by atoms with Crippen LogP contribution in [0, 0.1) is 6.92 Å². The largest absolute Gasteiger partial charge is 0.545 e. The van der Waals surface area contributed by atoms with Crippen LogP contribution in [0.15, 0.2) is 75.8 Å². The second-order valence-electron chi connectivity index (χ2n) is 6.72. The van der Waals surface area contributed by atoms with Crippen molar-refractivity contribution in [1.82, 2.24) is 0 Å². The summed E-state index contributed by atoms with van der Waals surface area (Å²) in [5.74, 6) is -0.301. The molecular formula is C23H17N2O4-. The normalized spacial score (nSPS) is 15.1. The molecule has 0 unspecified atom stereocenters. The minimum absolute atomic E-state index is 0.0842. The second-order valence-corrected chi connectivity index (χ2v) is 6.72. The zero-order chi connectivity index (χ0) is 20.5. The molecule has 0 spiro atoms. The summed E-state index contributed by atoms with van der Waals surface area (Å²) in [7, 11) is 0. The van der Waals surface area contributed by atoms with Crippen molar-refractivity contribution in [2.45, 2.75) is 13.8 Å². The van der Waals surface area contributed by atoms with Gasteiger partial charge in [-0.25, -0.2) is 0 Å². The first kappa shape index (κ1) is 18.4. The Balaban J connectivity index is 1.62. The Morgan fingerprint density at radius 2 is 1.83 bits per heavy atom. The number of benzene rings is 2. The molecule has 1 amide bonds. The molecule has 1 aliphatic heterocycles. The molecule has 6 heteroatoms. The average Bonchev–Trinajstić information content (AvgIpc) is 3.28. The molecule has 4 rings (SSSR count). The second kappa shape index (κ2) is 7.24. The van der Waals surface area contributed by atoms with Crippen LogP contribution in [0.5, 0.6) is 0 Å². The SMILES string of the molecule is CC1=NN(c2ccc(C(=O)[O-])c(C)c2)C(=O)/C1=C\c1ccc(-c2ccccc2)o1. The molecule has 0 radical (unpaired) electrons. The lowest BCUT2D eigenvalue weighted by atomic mass is 10.1. The average molecular weight is 385 g/mol. The standard InChI is InChI=1S/C23H18N2O4/c1-14-12-17(8-10-19(14)23(27)28)25-22(26)20(15(2)24-25)13-18-9-11-21(29-18)16-6-4-3-5-7-16/h3-13H,1-2H3,(H,27,28)/p-1/b20-13-. The monoisotopic (exact) mass is 385 g/mol. The van der Waals surface area contributed by atoms with Gasteiger partial charge in [0.1, 0.15) is 11.5 Å². The van der Waals surface area contributed by atoms with E-state index in [-0.39, 0.29) is 11.5 Å². The number of hydrogen-bond donors (Lipinski definition) is 0. The van der Waals surface area contributed by atoms with E-state index < -0.39 is 5.97 Å². The molecule has 0 fully saturated rings. The number of carbonyl (C=O) groups is 2. The molecule has 2 heterocycles. The number of carboxylic acid groups (broad SMARTS) is 1. The Morgan fingerprint density at radius 3 is 2.52 bits per heavy atom. The van der Waals surface area contributed by atoms with Gasteiger partial charge in [0.05, 0.1) is 22.9 Å². The van der Waals surface area contributed by atoms with Crippen LogP contribution >= 0.6 is 0 Å². The quantitative estimate of drug-likeness (QED) is 0.644. The van der Waals surface area contributed by atoms with E-state index in [1.165, 1.54) is 17.1 Å². The number of hydrazone groups is 1. The topological polar surface area (TPSA) is 85.9 Å². The van der Waals surface area contributed by atoms with Gasteiger partial charge in [-0.15, -0.1) is 0 Å². The van der Waals surface area contributed by atoms with Crippen LogP contribution in [0.3, 0.4) is 0 Å². The number of nitrogens with zero attached hydrogens (tertiary/aromatic N) is 2. The van der Waals surface area contributed by atoms with Gasteiger partial charge in [0.25, 0.3) is 5.91 Å². The van der Waals surface area contributed by atoms with E-state index in [1.807, 2.05) is 36.4 Å². The summed E-state index contributed by atoms with van der Waals surface area (Å²) in [6.45, 7) is 3.39. The first-order chi connectivity index (χ1) is 13.9. The molecule has 0 bridgehead atoms. The Bertz CT molecular complexity index is 1170. The van der Waals surface area contributed by atoms with Gasteiger partial charge >= 0.3 is 0 Å². The van der Waals surface area contributed by atoms with Crippen molar-refractivity contribution < 1.29 is 19.1 Å². The minimum Gasteiger partial charge on any atom is -0.545 e. The van der Waals surface area contributed by atoms with Crippen LogP contribution in [0.25, 0.3) is 17.4 Å². The first-order valence-electron chi connectivity index (χ1n) is 9.03. The van der Waals surface area contributed by atoms with Gasteiger partial charge in [-0.05, 0) is 49.8 Å². The Morgan fingerprint density at radius 1 is 1.07 bits per heavy atom. The summed E-state index contributed by atoms with van der Waals surface area (Å²) in [4.78, 5) is 24.0. The highest BCUT2D eigenvalue weighted by Crippen LogP contribution is 2.28. The van der Waals surface area contributed by atoms with Crippen molar-refractivity contribution in [2.24, 2.45) is 5.10 Å². The summed E-state index contributed by atoms with van der Waals surface area (Å²) in [6.07, 6.45) is 1.66. The molecule has 6 nitrogen and oxygen atoms in total. The van der Waals surface area contributed by atoms with Gasteiger partial charge in [-0.1, -0.05) is 36.4 Å². The molecule has 1 aromatic heterocycles. The van der Waals surface area contributed by atoms with Crippen molar-refractivity contribution in [1.29, 1.82) is 0 Å². The van der Waals surface area contributed by atoms with Gasteiger partial charge in [-0.2, -0.15) is 10.1 Å². The van der Waals surface area contributed by atoms with Crippen molar-refractivity contribution in [3.63, 3.8) is 0 Å². The van der Waals surface area contributed by atoms with Crippen LogP contribution in [-0.2, 0) is 4.79 Å². The number of aryl methyl sites for hydroxylation is 1. The highest BCUT2D eigenvalue weighted by Gasteiger charge is 2.29. The molecule has 0 saturated carbocycles. The predicted molar refractivity (Wildman–Crippen MR) is 108 cm³/mol. The number of carboxylic acids is 1. The molecule has 0 saturated heterocycles. The molecule has 2 aromatic carbocycles. The first-order valence-corrected chi connectivity index (χ1v) is 9.03. The van der Waals surface area contributed by atoms with Crippen molar-refractivity contribution >= 4 is 29.4 Å². The molecule has 0 atom stereocenters. The maximum atomic E-state index is 12.9.